The molecule has 0 saturated heterocycles. The van der Waals surface area contributed by atoms with Gasteiger partial charge >= 0.3 is 0 Å². The summed E-state index contributed by atoms with van der Waals surface area (Å²) in [6.45, 7) is 8.13. The van der Waals surface area contributed by atoms with E-state index in [1.54, 1.807) is 10.9 Å². The Morgan fingerprint density at radius 1 is 1.12 bits per heavy atom. The Morgan fingerprint density at radius 2 is 1.84 bits per heavy atom. The topological polar surface area (TPSA) is 64.7 Å². The molecule has 25 heavy (non-hydrogen) atoms. The SMILES string of the molecule is CC(C)n1c([C@@H](C)NC(=O)[C@H](C)c2ccnn2C)nc2ccccc21. The maximum Gasteiger partial charge on any atom is 0.229 e. The zero-order chi connectivity index (χ0) is 18.1. The lowest BCUT2D eigenvalue weighted by Crippen LogP contribution is -2.33. The molecule has 0 saturated carbocycles. The van der Waals surface area contributed by atoms with Crippen LogP contribution in [0.15, 0.2) is 36.5 Å². The number of imidazole rings is 1. The van der Waals surface area contributed by atoms with E-state index >= 15 is 0 Å². The van der Waals surface area contributed by atoms with E-state index in [-0.39, 0.29) is 23.9 Å². The zero-order valence-corrected chi connectivity index (χ0v) is 15.4. The van der Waals surface area contributed by atoms with Crippen LogP contribution in [0.2, 0.25) is 0 Å². The van der Waals surface area contributed by atoms with Crippen LogP contribution in [0.4, 0.5) is 0 Å². The summed E-state index contributed by atoms with van der Waals surface area (Å²) in [4.78, 5) is 17.4. The average Bonchev–Trinajstić information content (AvgIpc) is 3.17. The minimum atomic E-state index is -0.271. The summed E-state index contributed by atoms with van der Waals surface area (Å²) in [5, 5.41) is 7.25. The predicted octanol–water partition coefficient (Wildman–Crippen LogP) is 3.33. The van der Waals surface area contributed by atoms with Crippen molar-refractivity contribution in [2.45, 2.75) is 45.7 Å². The number of aryl methyl sites for hydroxylation is 1. The number of para-hydroxylation sites is 2. The number of hydrogen-bond acceptors (Lipinski definition) is 3. The third-order valence-electron chi connectivity index (χ3n) is 4.58. The molecule has 0 fully saturated rings. The number of rotatable bonds is 5. The van der Waals surface area contributed by atoms with Gasteiger partial charge in [0.25, 0.3) is 0 Å². The highest BCUT2D eigenvalue weighted by atomic mass is 16.2. The van der Waals surface area contributed by atoms with Gasteiger partial charge in [-0.25, -0.2) is 4.98 Å². The second-order valence-corrected chi connectivity index (χ2v) is 6.75. The third-order valence-corrected chi connectivity index (χ3v) is 4.58. The van der Waals surface area contributed by atoms with Gasteiger partial charge in [0.2, 0.25) is 5.91 Å². The number of nitrogens with one attached hydrogen (secondary N) is 1. The van der Waals surface area contributed by atoms with Crippen molar-refractivity contribution in [3.8, 4) is 0 Å². The van der Waals surface area contributed by atoms with Crippen LogP contribution in [0.1, 0.15) is 57.2 Å². The van der Waals surface area contributed by atoms with Crippen molar-refractivity contribution in [1.82, 2.24) is 24.6 Å². The number of nitrogens with zero attached hydrogens (tertiary/aromatic N) is 4. The van der Waals surface area contributed by atoms with E-state index in [0.717, 1.165) is 22.6 Å². The number of fused-ring (bicyclic) bond motifs is 1. The van der Waals surface area contributed by atoms with Gasteiger partial charge < -0.3 is 9.88 Å². The lowest BCUT2D eigenvalue weighted by atomic mass is 10.1. The molecule has 3 aromatic rings. The van der Waals surface area contributed by atoms with Gasteiger partial charge in [-0.1, -0.05) is 12.1 Å². The Labute approximate surface area is 147 Å². The summed E-state index contributed by atoms with van der Waals surface area (Å²) < 4.78 is 3.92. The maximum absolute atomic E-state index is 12.7. The molecule has 6 nitrogen and oxygen atoms in total. The number of carbonyl (C=O) groups excluding carboxylic acids is 1. The molecule has 0 aliphatic carbocycles. The first-order chi connectivity index (χ1) is 11.9. The molecule has 0 unspecified atom stereocenters. The molecular formula is C19H25N5O. The zero-order valence-electron chi connectivity index (χ0n) is 15.4. The smallest absolute Gasteiger partial charge is 0.229 e. The van der Waals surface area contributed by atoms with E-state index in [9.17, 15) is 4.79 Å². The Bertz CT molecular complexity index is 892. The second-order valence-electron chi connectivity index (χ2n) is 6.75. The first-order valence-corrected chi connectivity index (χ1v) is 8.65. The lowest BCUT2D eigenvalue weighted by Gasteiger charge is -2.20. The van der Waals surface area contributed by atoms with Crippen molar-refractivity contribution in [2.24, 2.45) is 7.05 Å². The molecule has 0 radical (unpaired) electrons. The molecule has 1 N–H and O–H groups in total. The van der Waals surface area contributed by atoms with Gasteiger partial charge in [0, 0.05) is 19.3 Å². The molecule has 0 bridgehead atoms. The van der Waals surface area contributed by atoms with Crippen molar-refractivity contribution >= 4 is 16.9 Å². The molecule has 6 heteroatoms. The number of benzene rings is 1. The standard InChI is InChI=1S/C19H25N5O/c1-12(2)24-17-9-7-6-8-15(17)22-18(24)14(4)21-19(25)13(3)16-10-11-20-23(16)5/h6-14H,1-5H3,(H,21,25)/t13-,14-/m1/s1. The van der Waals surface area contributed by atoms with Gasteiger partial charge in [0.15, 0.2) is 0 Å². The van der Waals surface area contributed by atoms with Crippen molar-refractivity contribution < 1.29 is 4.79 Å². The van der Waals surface area contributed by atoms with Crippen LogP contribution in [0, 0.1) is 0 Å². The molecule has 0 aliphatic rings. The predicted molar refractivity (Wildman–Crippen MR) is 98.3 cm³/mol. The molecule has 1 aromatic carbocycles. The van der Waals surface area contributed by atoms with E-state index in [2.05, 4.69) is 34.9 Å². The molecule has 0 aliphatic heterocycles. The Hall–Kier alpha value is -2.63. The summed E-state index contributed by atoms with van der Waals surface area (Å²) >= 11 is 0. The van der Waals surface area contributed by atoms with Crippen LogP contribution in [-0.4, -0.2) is 25.2 Å². The van der Waals surface area contributed by atoms with Crippen molar-refractivity contribution in [2.75, 3.05) is 0 Å². The molecular weight excluding hydrogens is 314 g/mol. The third kappa shape index (κ3) is 3.16. The van der Waals surface area contributed by atoms with Crippen LogP contribution in [0.3, 0.4) is 0 Å². The van der Waals surface area contributed by atoms with Crippen molar-refractivity contribution in [3.63, 3.8) is 0 Å². The highest BCUT2D eigenvalue weighted by Gasteiger charge is 2.24. The quantitative estimate of drug-likeness (QED) is 0.775. The normalized spacial score (nSPS) is 14.0. The molecule has 132 valence electrons. The monoisotopic (exact) mass is 339 g/mol. The van der Waals surface area contributed by atoms with Gasteiger partial charge in [-0.15, -0.1) is 0 Å². The van der Waals surface area contributed by atoms with Gasteiger partial charge in [0.1, 0.15) is 5.82 Å². The first-order valence-electron chi connectivity index (χ1n) is 8.65. The number of carbonyl (C=O) groups is 1. The first kappa shape index (κ1) is 17.2. The Balaban J connectivity index is 1.87. The highest BCUT2D eigenvalue weighted by Crippen LogP contribution is 2.25. The van der Waals surface area contributed by atoms with Gasteiger partial charge in [-0.3, -0.25) is 9.48 Å². The fourth-order valence-corrected chi connectivity index (χ4v) is 3.26. The fourth-order valence-electron chi connectivity index (χ4n) is 3.26. The lowest BCUT2D eigenvalue weighted by molar-refractivity contribution is -0.123. The van der Waals surface area contributed by atoms with Gasteiger partial charge in [0.05, 0.1) is 28.7 Å². The highest BCUT2D eigenvalue weighted by molar-refractivity contribution is 5.83. The molecule has 2 atom stereocenters. The molecule has 1 amide bonds. The van der Waals surface area contributed by atoms with Gasteiger partial charge in [-0.2, -0.15) is 5.10 Å². The summed E-state index contributed by atoms with van der Waals surface area (Å²) in [5.41, 5.74) is 2.93. The van der Waals surface area contributed by atoms with Crippen LogP contribution in [0.5, 0.6) is 0 Å². The van der Waals surface area contributed by atoms with Crippen molar-refractivity contribution in [1.29, 1.82) is 0 Å². The maximum atomic E-state index is 12.7. The molecule has 2 heterocycles. The summed E-state index contributed by atoms with van der Waals surface area (Å²) in [5.74, 6) is 0.576. The number of amides is 1. The van der Waals surface area contributed by atoms with E-state index in [0.29, 0.717) is 0 Å². The van der Waals surface area contributed by atoms with Crippen LogP contribution in [-0.2, 0) is 11.8 Å². The summed E-state index contributed by atoms with van der Waals surface area (Å²) in [6, 6.07) is 10.0. The number of aromatic nitrogens is 4. The Morgan fingerprint density at radius 3 is 2.48 bits per heavy atom. The van der Waals surface area contributed by atoms with Crippen LogP contribution < -0.4 is 5.32 Å². The van der Waals surface area contributed by atoms with Crippen LogP contribution in [0.25, 0.3) is 11.0 Å². The Kier molecular flexibility index (Phi) is 4.61. The molecule has 3 rings (SSSR count). The fraction of sp³-hybridized carbons (Fsp3) is 0.421. The van der Waals surface area contributed by atoms with E-state index in [1.165, 1.54) is 0 Å². The van der Waals surface area contributed by atoms with Crippen LogP contribution >= 0.6 is 0 Å². The summed E-state index contributed by atoms with van der Waals surface area (Å²) in [6.07, 6.45) is 1.71. The van der Waals surface area contributed by atoms with E-state index < -0.39 is 0 Å². The molecule has 2 aromatic heterocycles. The van der Waals surface area contributed by atoms with E-state index in [1.807, 2.05) is 45.2 Å². The minimum Gasteiger partial charge on any atom is -0.346 e. The second kappa shape index (κ2) is 6.70. The summed E-state index contributed by atoms with van der Waals surface area (Å²) in [7, 11) is 1.85. The molecule has 0 spiro atoms. The van der Waals surface area contributed by atoms with Gasteiger partial charge in [-0.05, 0) is 45.9 Å². The van der Waals surface area contributed by atoms with E-state index in [4.69, 9.17) is 4.98 Å². The largest absolute Gasteiger partial charge is 0.346 e. The number of hydrogen-bond donors (Lipinski definition) is 1. The average molecular weight is 339 g/mol. The minimum absolute atomic E-state index is 0.0292. The van der Waals surface area contributed by atoms with Crippen molar-refractivity contribution in [3.05, 3.63) is 48.0 Å².